The van der Waals surface area contributed by atoms with Crippen LogP contribution in [-0.2, 0) is 6.54 Å². The van der Waals surface area contributed by atoms with E-state index in [2.05, 4.69) is 45.9 Å². The number of hydrogen-bond acceptors (Lipinski definition) is 4. The van der Waals surface area contributed by atoms with Crippen LogP contribution in [0.1, 0.15) is 24.1 Å². The van der Waals surface area contributed by atoms with Gasteiger partial charge in [-0.15, -0.1) is 11.3 Å². The number of fused-ring (bicyclic) bond motifs is 1. The summed E-state index contributed by atoms with van der Waals surface area (Å²) < 4.78 is 7.45. The Hall–Kier alpha value is -1.85. The largest absolute Gasteiger partial charge is 0.480 e. The van der Waals surface area contributed by atoms with Gasteiger partial charge < -0.3 is 10.1 Å². The molecule has 0 saturated heterocycles. The Labute approximate surface area is 128 Å². The normalized spacial score (nSPS) is 12.7. The van der Waals surface area contributed by atoms with Crippen LogP contribution in [0.4, 0.5) is 0 Å². The SMILES string of the molecule is COc1nc2sccn2c1CNCC(C)c1ccccc1. The van der Waals surface area contributed by atoms with Crippen molar-refractivity contribution in [2.45, 2.75) is 19.4 Å². The quantitative estimate of drug-likeness (QED) is 0.759. The standard InChI is InChI=1S/C16H19N3OS/c1-12(13-6-4-3-5-7-13)10-17-11-14-15(20-2)18-16-19(14)8-9-21-16/h3-9,12,17H,10-11H2,1-2H3. The van der Waals surface area contributed by atoms with Gasteiger partial charge in [-0.25, -0.2) is 0 Å². The minimum Gasteiger partial charge on any atom is -0.480 e. The molecule has 3 aromatic rings. The van der Waals surface area contributed by atoms with E-state index >= 15 is 0 Å². The Bertz CT molecular complexity index is 705. The van der Waals surface area contributed by atoms with Gasteiger partial charge in [0.1, 0.15) is 5.69 Å². The molecule has 3 rings (SSSR count). The summed E-state index contributed by atoms with van der Waals surface area (Å²) in [5.74, 6) is 1.18. The maximum Gasteiger partial charge on any atom is 0.237 e. The van der Waals surface area contributed by atoms with Gasteiger partial charge in [0.15, 0.2) is 4.96 Å². The number of hydrogen-bond donors (Lipinski definition) is 1. The highest BCUT2D eigenvalue weighted by atomic mass is 32.1. The van der Waals surface area contributed by atoms with E-state index in [4.69, 9.17) is 4.74 Å². The van der Waals surface area contributed by atoms with Crippen molar-refractivity contribution in [3.63, 3.8) is 0 Å². The minimum atomic E-state index is 0.475. The molecule has 0 fully saturated rings. The zero-order valence-corrected chi connectivity index (χ0v) is 13.1. The molecule has 0 saturated carbocycles. The molecule has 4 nitrogen and oxygen atoms in total. The Morgan fingerprint density at radius 1 is 1.33 bits per heavy atom. The molecule has 1 atom stereocenters. The number of rotatable bonds is 6. The molecule has 0 aliphatic heterocycles. The van der Waals surface area contributed by atoms with Crippen molar-refractivity contribution in [3.8, 4) is 5.88 Å². The van der Waals surface area contributed by atoms with E-state index in [0.717, 1.165) is 23.7 Å². The number of methoxy groups -OCH3 is 1. The number of nitrogens with one attached hydrogen (secondary N) is 1. The fourth-order valence-electron chi connectivity index (χ4n) is 2.44. The van der Waals surface area contributed by atoms with Crippen LogP contribution in [0.5, 0.6) is 5.88 Å². The highest BCUT2D eigenvalue weighted by molar-refractivity contribution is 7.15. The van der Waals surface area contributed by atoms with Crippen LogP contribution in [-0.4, -0.2) is 23.0 Å². The second-order valence-corrected chi connectivity index (χ2v) is 5.94. The summed E-state index contributed by atoms with van der Waals surface area (Å²) in [6.07, 6.45) is 2.03. The molecular weight excluding hydrogens is 282 g/mol. The lowest BCUT2D eigenvalue weighted by molar-refractivity contribution is 0.392. The van der Waals surface area contributed by atoms with Crippen LogP contribution in [0, 0.1) is 0 Å². The molecule has 0 spiro atoms. The van der Waals surface area contributed by atoms with Gasteiger partial charge in [0.25, 0.3) is 0 Å². The third-order valence-corrected chi connectivity index (χ3v) is 4.39. The summed E-state index contributed by atoms with van der Waals surface area (Å²) in [4.78, 5) is 5.44. The van der Waals surface area contributed by atoms with Gasteiger partial charge in [-0.2, -0.15) is 4.98 Å². The van der Waals surface area contributed by atoms with Gasteiger partial charge in [-0.1, -0.05) is 37.3 Å². The maximum atomic E-state index is 5.37. The average molecular weight is 301 g/mol. The van der Waals surface area contributed by atoms with Gasteiger partial charge >= 0.3 is 0 Å². The first-order chi connectivity index (χ1) is 10.3. The number of nitrogens with zero attached hydrogens (tertiary/aromatic N) is 2. The molecule has 1 N–H and O–H groups in total. The fraction of sp³-hybridized carbons (Fsp3) is 0.312. The third-order valence-electron chi connectivity index (χ3n) is 3.63. The zero-order valence-electron chi connectivity index (χ0n) is 12.2. The zero-order chi connectivity index (χ0) is 14.7. The van der Waals surface area contributed by atoms with E-state index in [0.29, 0.717) is 11.8 Å². The third kappa shape index (κ3) is 2.94. The highest BCUT2D eigenvalue weighted by Gasteiger charge is 2.13. The molecule has 1 unspecified atom stereocenters. The predicted molar refractivity (Wildman–Crippen MR) is 86.2 cm³/mol. The minimum absolute atomic E-state index is 0.475. The van der Waals surface area contributed by atoms with Gasteiger partial charge in [0.2, 0.25) is 5.88 Å². The smallest absolute Gasteiger partial charge is 0.237 e. The van der Waals surface area contributed by atoms with E-state index in [1.54, 1.807) is 18.4 Å². The van der Waals surface area contributed by atoms with E-state index < -0.39 is 0 Å². The van der Waals surface area contributed by atoms with Gasteiger partial charge in [-0.3, -0.25) is 4.40 Å². The number of aromatic nitrogens is 2. The van der Waals surface area contributed by atoms with Crippen LogP contribution in [0.25, 0.3) is 4.96 Å². The van der Waals surface area contributed by atoms with Gasteiger partial charge in [-0.05, 0) is 11.5 Å². The molecule has 2 heterocycles. The first-order valence-corrected chi connectivity index (χ1v) is 7.91. The predicted octanol–water partition coefficient (Wildman–Crippen LogP) is 3.30. The number of imidazole rings is 1. The lowest BCUT2D eigenvalue weighted by atomic mass is 10.0. The van der Waals surface area contributed by atoms with Crippen molar-refractivity contribution in [1.82, 2.24) is 14.7 Å². The van der Waals surface area contributed by atoms with E-state index in [-0.39, 0.29) is 0 Å². The van der Waals surface area contributed by atoms with Gasteiger partial charge in [0, 0.05) is 24.7 Å². The first kappa shape index (κ1) is 14.1. The molecule has 5 heteroatoms. The second kappa shape index (κ2) is 6.28. The van der Waals surface area contributed by atoms with Crippen LogP contribution >= 0.6 is 11.3 Å². The van der Waals surface area contributed by atoms with Crippen LogP contribution in [0.2, 0.25) is 0 Å². The van der Waals surface area contributed by atoms with Crippen LogP contribution in [0.3, 0.4) is 0 Å². The summed E-state index contributed by atoms with van der Waals surface area (Å²) in [5.41, 5.74) is 2.43. The van der Waals surface area contributed by atoms with Crippen molar-refractivity contribution >= 4 is 16.3 Å². The molecule has 1 aromatic carbocycles. The molecule has 0 aliphatic carbocycles. The van der Waals surface area contributed by atoms with Crippen LogP contribution in [0.15, 0.2) is 41.9 Å². The van der Waals surface area contributed by atoms with E-state index in [1.807, 2.05) is 17.6 Å². The molecular formula is C16H19N3OS. The molecule has 21 heavy (non-hydrogen) atoms. The summed E-state index contributed by atoms with van der Waals surface area (Å²) in [7, 11) is 1.67. The molecule has 0 radical (unpaired) electrons. The topological polar surface area (TPSA) is 38.6 Å². The van der Waals surface area contributed by atoms with Crippen molar-refractivity contribution < 1.29 is 4.74 Å². The molecule has 0 bridgehead atoms. The summed E-state index contributed by atoms with van der Waals surface area (Å²) in [6, 6.07) is 10.6. The molecule has 0 aliphatic rings. The Morgan fingerprint density at radius 2 is 2.14 bits per heavy atom. The number of ether oxygens (including phenoxy) is 1. The molecule has 110 valence electrons. The highest BCUT2D eigenvalue weighted by Crippen LogP contribution is 2.23. The summed E-state index contributed by atoms with van der Waals surface area (Å²) in [6.45, 7) is 3.90. The lowest BCUT2D eigenvalue weighted by Gasteiger charge is -2.13. The first-order valence-electron chi connectivity index (χ1n) is 7.03. The van der Waals surface area contributed by atoms with Crippen molar-refractivity contribution in [2.24, 2.45) is 0 Å². The van der Waals surface area contributed by atoms with E-state index in [1.165, 1.54) is 5.56 Å². The second-order valence-electron chi connectivity index (χ2n) is 5.07. The Morgan fingerprint density at radius 3 is 2.90 bits per heavy atom. The Kier molecular flexibility index (Phi) is 4.22. The lowest BCUT2D eigenvalue weighted by Crippen LogP contribution is -2.20. The number of benzene rings is 1. The van der Waals surface area contributed by atoms with Crippen molar-refractivity contribution in [3.05, 3.63) is 53.2 Å². The monoisotopic (exact) mass is 301 g/mol. The maximum absolute atomic E-state index is 5.37. The molecule has 0 amide bonds. The van der Waals surface area contributed by atoms with Crippen molar-refractivity contribution in [1.29, 1.82) is 0 Å². The Balaban J connectivity index is 1.65. The van der Waals surface area contributed by atoms with Crippen molar-refractivity contribution in [2.75, 3.05) is 13.7 Å². The number of thiazole rings is 1. The fourth-order valence-corrected chi connectivity index (χ4v) is 3.17. The van der Waals surface area contributed by atoms with Crippen LogP contribution < -0.4 is 10.1 Å². The average Bonchev–Trinajstić information content (AvgIpc) is 3.09. The summed E-state index contributed by atoms with van der Waals surface area (Å²) >= 11 is 1.62. The van der Waals surface area contributed by atoms with E-state index in [9.17, 15) is 0 Å². The molecule has 2 aromatic heterocycles. The van der Waals surface area contributed by atoms with Gasteiger partial charge in [0.05, 0.1) is 7.11 Å². The summed E-state index contributed by atoms with van der Waals surface area (Å²) in [5, 5.41) is 5.55.